The topological polar surface area (TPSA) is 109 Å². The summed E-state index contributed by atoms with van der Waals surface area (Å²) in [5.41, 5.74) is 6.73. The highest BCUT2D eigenvalue weighted by molar-refractivity contribution is 7.98. The van der Waals surface area contributed by atoms with Gasteiger partial charge in [0.05, 0.1) is 19.7 Å². The maximum atomic E-state index is 11.4. The normalized spacial score (nSPS) is 10.6. The van der Waals surface area contributed by atoms with Crippen LogP contribution in [0.15, 0.2) is 47.6 Å². The number of nitrogen functional groups attached to an aromatic ring is 1. The summed E-state index contributed by atoms with van der Waals surface area (Å²) in [5, 5.41) is 3.44. The quantitative estimate of drug-likeness (QED) is 0.542. The number of carbonyl (C=O) groups excluding carboxylic acids is 1. The fourth-order valence-corrected chi connectivity index (χ4v) is 2.91. The van der Waals surface area contributed by atoms with Gasteiger partial charge in [-0.05, 0) is 57.4 Å². The second-order valence-corrected chi connectivity index (χ2v) is 8.22. The molecule has 31 heavy (non-hydrogen) atoms. The number of carbonyl (C=O) groups is 1. The van der Waals surface area contributed by atoms with Crippen LogP contribution in [0.4, 0.5) is 16.3 Å². The van der Waals surface area contributed by atoms with Gasteiger partial charge in [-0.1, -0.05) is 0 Å². The standard InChI is InChI=1S/C12H17NO2S.C10H11N3O2/c1-12(2,3)15-11(14)13-9-5-7-10(16-4)8-6-9;1-14-8-3-6-7(4-9(8)15-2)12-5-13-10(6)11/h5-8H,1-4H3,(H,13,14);3-5H,1-2H3,(H2,11,12,13). The van der Waals surface area contributed by atoms with Gasteiger partial charge in [0.15, 0.2) is 11.5 Å². The maximum Gasteiger partial charge on any atom is 0.412 e. The molecule has 0 aliphatic rings. The van der Waals surface area contributed by atoms with Crippen LogP contribution in [0, 0.1) is 0 Å². The molecule has 1 aromatic heterocycles. The number of hydrogen-bond acceptors (Lipinski definition) is 8. The first kappa shape index (κ1) is 24.1. The van der Waals surface area contributed by atoms with E-state index in [9.17, 15) is 4.79 Å². The minimum absolute atomic E-state index is 0.426. The van der Waals surface area contributed by atoms with Crippen molar-refractivity contribution < 1.29 is 19.0 Å². The van der Waals surface area contributed by atoms with Crippen molar-refractivity contribution in [1.82, 2.24) is 9.97 Å². The zero-order chi connectivity index (χ0) is 23.0. The molecule has 8 nitrogen and oxygen atoms in total. The van der Waals surface area contributed by atoms with Crippen molar-refractivity contribution in [3.8, 4) is 11.5 Å². The molecule has 0 bridgehead atoms. The van der Waals surface area contributed by atoms with E-state index in [0.717, 1.165) is 21.5 Å². The van der Waals surface area contributed by atoms with E-state index in [1.165, 1.54) is 6.33 Å². The minimum Gasteiger partial charge on any atom is -0.493 e. The number of rotatable bonds is 4. The Hall–Kier alpha value is -3.20. The zero-order valence-electron chi connectivity index (χ0n) is 18.6. The van der Waals surface area contributed by atoms with E-state index < -0.39 is 11.7 Å². The van der Waals surface area contributed by atoms with Crippen LogP contribution >= 0.6 is 11.8 Å². The minimum atomic E-state index is -0.469. The Morgan fingerprint density at radius 3 is 2.19 bits per heavy atom. The van der Waals surface area contributed by atoms with Crippen LogP contribution < -0.4 is 20.5 Å². The first-order valence-corrected chi connectivity index (χ1v) is 10.7. The highest BCUT2D eigenvalue weighted by Gasteiger charge is 2.16. The van der Waals surface area contributed by atoms with Gasteiger partial charge in [-0.15, -0.1) is 11.8 Å². The summed E-state index contributed by atoms with van der Waals surface area (Å²) in [6.45, 7) is 5.51. The molecule has 3 N–H and O–H groups in total. The number of nitrogens with zero attached hydrogens (tertiary/aromatic N) is 2. The van der Waals surface area contributed by atoms with Crippen LogP contribution in [0.5, 0.6) is 11.5 Å². The van der Waals surface area contributed by atoms with E-state index in [1.54, 1.807) is 38.1 Å². The predicted octanol–water partition coefficient (Wildman–Crippen LogP) is 4.98. The molecule has 0 aliphatic heterocycles. The van der Waals surface area contributed by atoms with Crippen molar-refractivity contribution >= 4 is 40.3 Å². The molecule has 166 valence electrons. The molecular formula is C22H28N4O4S. The Bertz CT molecular complexity index is 1020. The molecule has 0 atom stereocenters. The van der Waals surface area contributed by atoms with Gasteiger partial charge in [0, 0.05) is 22.0 Å². The molecule has 0 spiro atoms. The Morgan fingerprint density at radius 2 is 1.65 bits per heavy atom. The SMILES string of the molecule is COc1cc2ncnc(N)c2cc1OC.CSc1ccc(NC(=O)OC(C)(C)C)cc1. The summed E-state index contributed by atoms with van der Waals surface area (Å²) in [5.74, 6) is 1.68. The van der Waals surface area contributed by atoms with Crippen LogP contribution in [0.2, 0.25) is 0 Å². The lowest BCUT2D eigenvalue weighted by molar-refractivity contribution is 0.0636. The zero-order valence-corrected chi connectivity index (χ0v) is 19.4. The summed E-state index contributed by atoms with van der Waals surface area (Å²) < 4.78 is 15.5. The van der Waals surface area contributed by atoms with E-state index in [4.69, 9.17) is 19.9 Å². The first-order valence-electron chi connectivity index (χ1n) is 9.43. The number of hydrogen-bond donors (Lipinski definition) is 2. The number of aromatic nitrogens is 2. The maximum absolute atomic E-state index is 11.4. The lowest BCUT2D eigenvalue weighted by Crippen LogP contribution is -2.27. The van der Waals surface area contributed by atoms with Crippen molar-refractivity contribution in [2.75, 3.05) is 31.5 Å². The molecule has 1 heterocycles. The number of ether oxygens (including phenoxy) is 3. The third kappa shape index (κ3) is 7.21. The number of amides is 1. The molecule has 2 aromatic carbocycles. The van der Waals surface area contributed by atoms with Crippen molar-refractivity contribution in [3.63, 3.8) is 0 Å². The van der Waals surface area contributed by atoms with Gasteiger partial charge in [0.2, 0.25) is 0 Å². The Kier molecular flexibility index (Phi) is 8.32. The van der Waals surface area contributed by atoms with Gasteiger partial charge in [-0.2, -0.15) is 0 Å². The van der Waals surface area contributed by atoms with E-state index in [1.807, 2.05) is 51.3 Å². The molecule has 0 saturated carbocycles. The molecule has 1 amide bonds. The average Bonchev–Trinajstić information content (AvgIpc) is 2.72. The molecule has 0 radical (unpaired) electrons. The van der Waals surface area contributed by atoms with Crippen molar-refractivity contribution in [3.05, 3.63) is 42.7 Å². The average molecular weight is 445 g/mol. The summed E-state index contributed by atoms with van der Waals surface area (Å²) in [7, 11) is 3.15. The highest BCUT2D eigenvalue weighted by Crippen LogP contribution is 2.32. The van der Waals surface area contributed by atoms with Crippen molar-refractivity contribution in [2.24, 2.45) is 0 Å². The van der Waals surface area contributed by atoms with Gasteiger partial charge < -0.3 is 19.9 Å². The van der Waals surface area contributed by atoms with E-state index in [0.29, 0.717) is 17.3 Å². The van der Waals surface area contributed by atoms with Gasteiger partial charge in [-0.25, -0.2) is 14.8 Å². The van der Waals surface area contributed by atoms with Crippen LogP contribution in [0.25, 0.3) is 10.9 Å². The molecular weight excluding hydrogens is 416 g/mol. The van der Waals surface area contributed by atoms with E-state index >= 15 is 0 Å². The largest absolute Gasteiger partial charge is 0.493 e. The molecule has 0 unspecified atom stereocenters. The number of benzene rings is 2. The molecule has 0 aliphatic carbocycles. The van der Waals surface area contributed by atoms with E-state index in [-0.39, 0.29) is 0 Å². The second kappa shape index (κ2) is 10.7. The number of thioether (sulfide) groups is 1. The number of nitrogens with two attached hydrogens (primary N) is 1. The van der Waals surface area contributed by atoms with Crippen molar-refractivity contribution in [2.45, 2.75) is 31.3 Å². The van der Waals surface area contributed by atoms with Crippen molar-refractivity contribution in [1.29, 1.82) is 0 Å². The van der Waals surface area contributed by atoms with E-state index in [2.05, 4.69) is 15.3 Å². The predicted molar refractivity (Wildman–Crippen MR) is 125 cm³/mol. The van der Waals surface area contributed by atoms with Crippen LogP contribution in [-0.4, -0.2) is 42.1 Å². The van der Waals surface area contributed by atoms with Crippen LogP contribution in [0.3, 0.4) is 0 Å². The number of anilines is 2. The summed E-state index contributed by atoms with van der Waals surface area (Å²) >= 11 is 1.66. The lowest BCUT2D eigenvalue weighted by Gasteiger charge is -2.19. The summed E-state index contributed by atoms with van der Waals surface area (Å²) in [6, 6.07) is 11.2. The molecule has 3 rings (SSSR count). The first-order chi connectivity index (χ1) is 14.7. The fourth-order valence-electron chi connectivity index (χ4n) is 2.50. The summed E-state index contributed by atoms with van der Waals surface area (Å²) in [6.07, 6.45) is 3.00. The highest BCUT2D eigenvalue weighted by atomic mass is 32.2. The number of nitrogens with one attached hydrogen (secondary N) is 1. The van der Waals surface area contributed by atoms with Gasteiger partial charge in [0.1, 0.15) is 17.7 Å². The van der Waals surface area contributed by atoms with Crippen LogP contribution in [-0.2, 0) is 4.74 Å². The Morgan fingerprint density at radius 1 is 1.03 bits per heavy atom. The molecule has 9 heteroatoms. The van der Waals surface area contributed by atoms with Gasteiger partial charge >= 0.3 is 6.09 Å². The third-order valence-corrected chi connectivity index (χ3v) is 4.65. The smallest absolute Gasteiger partial charge is 0.412 e. The van der Waals surface area contributed by atoms with Gasteiger partial charge in [0.25, 0.3) is 0 Å². The summed E-state index contributed by atoms with van der Waals surface area (Å²) in [4.78, 5) is 20.6. The molecule has 3 aromatic rings. The fraction of sp³-hybridized carbons (Fsp3) is 0.318. The number of methoxy groups -OCH3 is 2. The van der Waals surface area contributed by atoms with Crippen LogP contribution in [0.1, 0.15) is 20.8 Å². The molecule has 0 fully saturated rings. The monoisotopic (exact) mass is 444 g/mol. The molecule has 0 saturated heterocycles. The number of fused-ring (bicyclic) bond motifs is 1. The van der Waals surface area contributed by atoms with Gasteiger partial charge in [-0.3, -0.25) is 5.32 Å². The second-order valence-electron chi connectivity index (χ2n) is 7.34. The lowest BCUT2D eigenvalue weighted by atomic mass is 10.2. The Labute approximate surface area is 186 Å². The Balaban J connectivity index is 0.000000220. The third-order valence-electron chi connectivity index (χ3n) is 3.91.